The molecule has 2 heterocycles. The largest absolute Gasteiger partial charge is 0.356 e. The highest BCUT2D eigenvalue weighted by atomic mass is 19.1. The number of nitrogens with two attached hydrogens (primary N) is 1. The van der Waals surface area contributed by atoms with E-state index in [4.69, 9.17) is 5.84 Å². The molecule has 1 aliphatic heterocycles. The number of nitrogens with one attached hydrogen (secondary N) is 2. The van der Waals surface area contributed by atoms with Crippen molar-refractivity contribution in [3.05, 3.63) is 17.7 Å². The second-order valence-corrected chi connectivity index (χ2v) is 4.04. The fourth-order valence-corrected chi connectivity index (χ4v) is 1.79. The maximum Gasteiger partial charge on any atom is 0.244 e. The standard InChI is InChI=1S/C10H13F2N5O/c1-17-3-2-7(10(17)18)14-8-5(11)4-6(12)9(15-8)16-13/h4,7H,2-3,13H2,1H3,(H2,14,15,16). The maximum atomic E-state index is 13.5. The summed E-state index contributed by atoms with van der Waals surface area (Å²) >= 11 is 0. The van der Waals surface area contributed by atoms with Crippen molar-refractivity contribution in [2.75, 3.05) is 24.3 Å². The van der Waals surface area contributed by atoms with Crippen LogP contribution in [0.4, 0.5) is 20.4 Å². The fourth-order valence-electron chi connectivity index (χ4n) is 1.79. The summed E-state index contributed by atoms with van der Waals surface area (Å²) in [7, 11) is 1.66. The van der Waals surface area contributed by atoms with Crippen LogP contribution in [0.5, 0.6) is 0 Å². The first-order valence-corrected chi connectivity index (χ1v) is 5.37. The molecule has 0 aliphatic carbocycles. The molecule has 2 rings (SSSR count). The number of anilines is 2. The van der Waals surface area contributed by atoms with Gasteiger partial charge in [-0.15, -0.1) is 0 Å². The molecule has 1 atom stereocenters. The smallest absolute Gasteiger partial charge is 0.244 e. The van der Waals surface area contributed by atoms with Gasteiger partial charge in [-0.2, -0.15) is 0 Å². The number of hydrogen-bond acceptors (Lipinski definition) is 5. The Bertz CT molecular complexity index is 482. The zero-order chi connectivity index (χ0) is 13.3. The molecular formula is C10H13F2N5O. The van der Waals surface area contributed by atoms with Gasteiger partial charge in [-0.25, -0.2) is 19.6 Å². The number of rotatable bonds is 3. The lowest BCUT2D eigenvalue weighted by Crippen LogP contribution is -2.31. The number of amides is 1. The van der Waals surface area contributed by atoms with Crippen LogP contribution in [0.15, 0.2) is 6.07 Å². The van der Waals surface area contributed by atoms with Crippen molar-refractivity contribution < 1.29 is 13.6 Å². The molecule has 0 aromatic carbocycles. The number of nitrogen functional groups attached to an aromatic ring is 1. The van der Waals surface area contributed by atoms with Crippen LogP contribution in [0.3, 0.4) is 0 Å². The number of nitrogens with zero attached hydrogens (tertiary/aromatic N) is 2. The Morgan fingerprint density at radius 1 is 1.44 bits per heavy atom. The number of halogens is 2. The first kappa shape index (κ1) is 12.5. The van der Waals surface area contributed by atoms with E-state index >= 15 is 0 Å². The first-order chi connectivity index (χ1) is 8.52. The van der Waals surface area contributed by atoms with Gasteiger partial charge in [0.1, 0.15) is 6.04 Å². The highest BCUT2D eigenvalue weighted by Gasteiger charge is 2.30. The monoisotopic (exact) mass is 257 g/mol. The number of pyridine rings is 1. The van der Waals surface area contributed by atoms with Crippen molar-refractivity contribution in [2.24, 2.45) is 5.84 Å². The van der Waals surface area contributed by atoms with Crippen LogP contribution in [0.25, 0.3) is 0 Å². The molecule has 0 radical (unpaired) electrons. The Hall–Kier alpha value is -1.96. The Morgan fingerprint density at radius 2 is 2.11 bits per heavy atom. The number of aromatic nitrogens is 1. The Balaban J connectivity index is 2.21. The summed E-state index contributed by atoms with van der Waals surface area (Å²) in [5, 5.41) is 2.65. The van der Waals surface area contributed by atoms with Gasteiger partial charge in [0.2, 0.25) is 5.91 Å². The number of carbonyl (C=O) groups excluding carboxylic acids is 1. The molecule has 98 valence electrons. The molecule has 1 unspecified atom stereocenters. The van der Waals surface area contributed by atoms with Crippen LogP contribution in [-0.2, 0) is 4.79 Å². The Labute approximate surface area is 102 Å². The third-order valence-corrected chi connectivity index (χ3v) is 2.80. The molecule has 1 aliphatic rings. The van der Waals surface area contributed by atoms with Crippen LogP contribution in [0.1, 0.15) is 6.42 Å². The molecule has 6 nitrogen and oxygen atoms in total. The highest BCUT2D eigenvalue weighted by molar-refractivity contribution is 5.86. The van der Waals surface area contributed by atoms with E-state index in [-0.39, 0.29) is 17.5 Å². The summed E-state index contributed by atoms with van der Waals surface area (Å²) in [5.41, 5.74) is 2.02. The quantitative estimate of drug-likeness (QED) is 0.535. The van der Waals surface area contributed by atoms with Gasteiger partial charge in [-0.05, 0) is 6.42 Å². The van der Waals surface area contributed by atoms with Crippen LogP contribution in [-0.4, -0.2) is 35.4 Å². The zero-order valence-electron chi connectivity index (χ0n) is 9.70. The summed E-state index contributed by atoms with van der Waals surface area (Å²) in [5.74, 6) is 2.66. The van der Waals surface area contributed by atoms with Crippen LogP contribution in [0, 0.1) is 11.6 Å². The lowest BCUT2D eigenvalue weighted by Gasteiger charge is -2.14. The minimum Gasteiger partial charge on any atom is -0.356 e. The molecule has 1 amide bonds. The van der Waals surface area contributed by atoms with Gasteiger partial charge in [-0.3, -0.25) is 4.79 Å². The Morgan fingerprint density at radius 3 is 2.67 bits per heavy atom. The number of carbonyl (C=O) groups is 1. The SMILES string of the molecule is CN1CCC(Nc2nc(NN)c(F)cc2F)C1=O. The van der Waals surface area contributed by atoms with Crippen molar-refractivity contribution >= 4 is 17.5 Å². The third kappa shape index (κ3) is 2.19. The molecule has 1 fully saturated rings. The van der Waals surface area contributed by atoms with Crippen LogP contribution in [0.2, 0.25) is 0 Å². The Kier molecular flexibility index (Phi) is 3.28. The van der Waals surface area contributed by atoms with Gasteiger partial charge in [0.15, 0.2) is 23.3 Å². The molecule has 0 spiro atoms. The van der Waals surface area contributed by atoms with E-state index in [0.29, 0.717) is 19.0 Å². The van der Waals surface area contributed by atoms with Gasteiger partial charge in [0.05, 0.1) is 0 Å². The molecular weight excluding hydrogens is 244 g/mol. The van der Waals surface area contributed by atoms with Crippen molar-refractivity contribution in [1.29, 1.82) is 0 Å². The summed E-state index contributed by atoms with van der Waals surface area (Å²) in [6, 6.07) is 0.112. The molecule has 8 heteroatoms. The first-order valence-electron chi connectivity index (χ1n) is 5.37. The summed E-state index contributed by atoms with van der Waals surface area (Å²) < 4.78 is 26.6. The summed E-state index contributed by atoms with van der Waals surface area (Å²) in [6.07, 6.45) is 0.541. The average Bonchev–Trinajstić information content (AvgIpc) is 2.64. The predicted octanol–water partition coefficient (Wildman–Crippen LogP) is 0.288. The highest BCUT2D eigenvalue weighted by Crippen LogP contribution is 2.21. The average molecular weight is 257 g/mol. The molecule has 0 bridgehead atoms. The van der Waals surface area contributed by atoms with E-state index < -0.39 is 17.7 Å². The minimum atomic E-state index is -0.893. The lowest BCUT2D eigenvalue weighted by atomic mass is 10.2. The van der Waals surface area contributed by atoms with Gasteiger partial charge >= 0.3 is 0 Å². The van der Waals surface area contributed by atoms with E-state index in [1.54, 1.807) is 7.05 Å². The van der Waals surface area contributed by atoms with Gasteiger partial charge in [-0.1, -0.05) is 0 Å². The number of hydrogen-bond donors (Lipinski definition) is 3. The van der Waals surface area contributed by atoms with Crippen molar-refractivity contribution in [3.63, 3.8) is 0 Å². The predicted molar refractivity (Wildman–Crippen MR) is 61.6 cm³/mol. The number of hydrazine groups is 1. The van der Waals surface area contributed by atoms with E-state index in [1.807, 2.05) is 5.43 Å². The summed E-state index contributed by atoms with van der Waals surface area (Å²) in [6.45, 7) is 0.585. The van der Waals surface area contributed by atoms with Crippen LogP contribution >= 0.6 is 0 Å². The van der Waals surface area contributed by atoms with E-state index in [2.05, 4.69) is 10.3 Å². The zero-order valence-corrected chi connectivity index (χ0v) is 9.70. The second kappa shape index (κ2) is 4.73. The molecule has 4 N–H and O–H groups in total. The molecule has 1 aromatic heterocycles. The van der Waals surface area contributed by atoms with Crippen molar-refractivity contribution in [3.8, 4) is 0 Å². The number of likely N-dealkylation sites (N-methyl/N-ethyl adjacent to an activating group) is 1. The topological polar surface area (TPSA) is 83.3 Å². The molecule has 1 saturated heterocycles. The number of likely N-dealkylation sites (tertiary alicyclic amines) is 1. The maximum absolute atomic E-state index is 13.5. The normalized spacial score (nSPS) is 19.2. The summed E-state index contributed by atoms with van der Waals surface area (Å²) in [4.78, 5) is 16.8. The fraction of sp³-hybridized carbons (Fsp3) is 0.400. The van der Waals surface area contributed by atoms with Crippen molar-refractivity contribution in [2.45, 2.75) is 12.5 Å². The van der Waals surface area contributed by atoms with Crippen LogP contribution < -0.4 is 16.6 Å². The van der Waals surface area contributed by atoms with E-state index in [1.165, 1.54) is 4.90 Å². The second-order valence-electron chi connectivity index (χ2n) is 4.04. The van der Waals surface area contributed by atoms with Crippen molar-refractivity contribution in [1.82, 2.24) is 9.88 Å². The minimum absolute atomic E-state index is 0.150. The van der Waals surface area contributed by atoms with E-state index in [0.717, 1.165) is 0 Å². The van der Waals surface area contributed by atoms with E-state index in [9.17, 15) is 13.6 Å². The van der Waals surface area contributed by atoms with Gasteiger partial charge in [0, 0.05) is 19.7 Å². The lowest BCUT2D eigenvalue weighted by molar-refractivity contribution is -0.127. The van der Waals surface area contributed by atoms with Gasteiger partial charge in [0.25, 0.3) is 0 Å². The molecule has 1 aromatic rings. The third-order valence-electron chi connectivity index (χ3n) is 2.80. The molecule has 0 saturated carbocycles. The van der Waals surface area contributed by atoms with Gasteiger partial charge < -0.3 is 15.6 Å². The molecule has 18 heavy (non-hydrogen) atoms.